The van der Waals surface area contributed by atoms with Gasteiger partial charge in [0.25, 0.3) is 0 Å². The summed E-state index contributed by atoms with van der Waals surface area (Å²) in [5, 5.41) is 13.1. The van der Waals surface area contributed by atoms with Crippen LogP contribution in [0.15, 0.2) is 36.4 Å². The molecule has 0 aliphatic heterocycles. The van der Waals surface area contributed by atoms with E-state index in [2.05, 4.69) is 17.4 Å². The third kappa shape index (κ3) is 2.31. The summed E-state index contributed by atoms with van der Waals surface area (Å²) in [7, 11) is 1.70. The SMILES string of the molecule is COc1ccc2c(c1)C(Nc1ccc(O)cc1C)CC2. The molecule has 3 heteroatoms. The molecule has 2 N–H and O–H groups in total. The van der Waals surface area contributed by atoms with E-state index in [0.717, 1.165) is 29.8 Å². The van der Waals surface area contributed by atoms with Crippen LogP contribution in [0, 0.1) is 6.92 Å². The first-order chi connectivity index (χ1) is 9.67. The van der Waals surface area contributed by atoms with Crippen molar-refractivity contribution in [3.63, 3.8) is 0 Å². The predicted molar refractivity (Wildman–Crippen MR) is 80.5 cm³/mol. The van der Waals surface area contributed by atoms with Gasteiger partial charge in [-0.1, -0.05) is 6.07 Å². The maximum Gasteiger partial charge on any atom is 0.119 e. The molecule has 0 bridgehead atoms. The summed E-state index contributed by atoms with van der Waals surface area (Å²) < 4.78 is 5.32. The minimum absolute atomic E-state index is 0.307. The fraction of sp³-hybridized carbons (Fsp3) is 0.294. The van der Waals surface area contributed by atoms with E-state index in [1.165, 1.54) is 11.1 Å². The summed E-state index contributed by atoms with van der Waals surface area (Å²) in [5.41, 5.74) is 4.83. The molecule has 0 fully saturated rings. The number of phenolic OH excluding ortho intramolecular Hbond substituents is 1. The summed E-state index contributed by atoms with van der Waals surface area (Å²) in [4.78, 5) is 0. The Labute approximate surface area is 119 Å². The average molecular weight is 269 g/mol. The molecule has 0 radical (unpaired) electrons. The quantitative estimate of drug-likeness (QED) is 0.833. The van der Waals surface area contributed by atoms with Crippen LogP contribution < -0.4 is 10.1 Å². The van der Waals surface area contributed by atoms with Gasteiger partial charge in [-0.15, -0.1) is 0 Å². The minimum atomic E-state index is 0.307. The van der Waals surface area contributed by atoms with Crippen LogP contribution in [0.5, 0.6) is 11.5 Å². The Morgan fingerprint density at radius 1 is 1.20 bits per heavy atom. The zero-order valence-corrected chi connectivity index (χ0v) is 11.8. The van der Waals surface area contributed by atoms with Gasteiger partial charge < -0.3 is 15.2 Å². The van der Waals surface area contributed by atoms with E-state index >= 15 is 0 Å². The fourth-order valence-corrected chi connectivity index (χ4v) is 2.85. The number of hydrogen-bond acceptors (Lipinski definition) is 3. The molecule has 1 aliphatic rings. The van der Waals surface area contributed by atoms with Gasteiger partial charge in [0.05, 0.1) is 13.2 Å². The first-order valence-corrected chi connectivity index (χ1v) is 6.90. The van der Waals surface area contributed by atoms with Crippen molar-refractivity contribution in [3.8, 4) is 11.5 Å². The number of methoxy groups -OCH3 is 1. The van der Waals surface area contributed by atoms with Gasteiger partial charge in [0.15, 0.2) is 0 Å². The second-order valence-corrected chi connectivity index (χ2v) is 5.30. The maximum absolute atomic E-state index is 9.48. The van der Waals surface area contributed by atoms with E-state index in [1.807, 2.05) is 19.1 Å². The lowest BCUT2D eigenvalue weighted by molar-refractivity contribution is 0.414. The molecule has 1 aliphatic carbocycles. The standard InChI is InChI=1S/C17H19NO2/c1-11-9-13(19)5-8-16(11)18-17-7-4-12-3-6-14(20-2)10-15(12)17/h3,5-6,8-10,17-19H,4,7H2,1-2H3. The average Bonchev–Trinajstić information content (AvgIpc) is 2.84. The molecule has 1 atom stereocenters. The highest BCUT2D eigenvalue weighted by atomic mass is 16.5. The minimum Gasteiger partial charge on any atom is -0.508 e. The molecule has 3 rings (SSSR count). The van der Waals surface area contributed by atoms with Crippen LogP contribution in [0.4, 0.5) is 5.69 Å². The van der Waals surface area contributed by atoms with Gasteiger partial charge in [0.2, 0.25) is 0 Å². The summed E-state index contributed by atoms with van der Waals surface area (Å²) >= 11 is 0. The summed E-state index contributed by atoms with van der Waals surface area (Å²) in [6, 6.07) is 12.0. The van der Waals surface area contributed by atoms with Gasteiger partial charge in [-0.25, -0.2) is 0 Å². The first kappa shape index (κ1) is 12.9. The Morgan fingerprint density at radius 2 is 2.05 bits per heavy atom. The number of aromatic hydroxyl groups is 1. The van der Waals surface area contributed by atoms with Crippen molar-refractivity contribution in [1.82, 2.24) is 0 Å². The van der Waals surface area contributed by atoms with Crippen LogP contribution >= 0.6 is 0 Å². The van der Waals surface area contributed by atoms with E-state index in [4.69, 9.17) is 4.74 Å². The Balaban J connectivity index is 1.87. The van der Waals surface area contributed by atoms with E-state index in [1.54, 1.807) is 19.2 Å². The molecular weight excluding hydrogens is 250 g/mol. The second kappa shape index (κ2) is 5.08. The van der Waals surface area contributed by atoms with E-state index in [-0.39, 0.29) is 0 Å². The maximum atomic E-state index is 9.48. The molecule has 0 heterocycles. The zero-order valence-electron chi connectivity index (χ0n) is 11.8. The number of phenols is 1. The number of nitrogens with one attached hydrogen (secondary N) is 1. The number of hydrogen-bond donors (Lipinski definition) is 2. The van der Waals surface area contributed by atoms with Crippen molar-refractivity contribution in [2.75, 3.05) is 12.4 Å². The Morgan fingerprint density at radius 3 is 2.80 bits per heavy atom. The topological polar surface area (TPSA) is 41.5 Å². The number of fused-ring (bicyclic) bond motifs is 1. The predicted octanol–water partition coefficient (Wildman–Crippen LogP) is 3.81. The fourth-order valence-electron chi connectivity index (χ4n) is 2.85. The van der Waals surface area contributed by atoms with E-state index in [9.17, 15) is 5.11 Å². The molecule has 3 nitrogen and oxygen atoms in total. The first-order valence-electron chi connectivity index (χ1n) is 6.90. The largest absolute Gasteiger partial charge is 0.508 e. The number of benzene rings is 2. The van der Waals surface area contributed by atoms with Crippen LogP contribution in [0.2, 0.25) is 0 Å². The molecule has 20 heavy (non-hydrogen) atoms. The van der Waals surface area contributed by atoms with Gasteiger partial charge in [-0.2, -0.15) is 0 Å². The molecule has 0 amide bonds. The number of anilines is 1. The Bertz CT molecular complexity index is 637. The van der Waals surface area contributed by atoms with E-state index < -0.39 is 0 Å². The summed E-state index contributed by atoms with van der Waals surface area (Å²) in [5.74, 6) is 1.21. The lowest BCUT2D eigenvalue weighted by Gasteiger charge is -2.18. The molecule has 0 saturated heterocycles. The molecule has 0 saturated carbocycles. The van der Waals surface area contributed by atoms with E-state index in [0.29, 0.717) is 11.8 Å². The van der Waals surface area contributed by atoms with Crippen LogP contribution in [0.1, 0.15) is 29.2 Å². The number of rotatable bonds is 3. The highest BCUT2D eigenvalue weighted by Gasteiger charge is 2.23. The normalized spacial score (nSPS) is 16.8. The zero-order chi connectivity index (χ0) is 14.1. The second-order valence-electron chi connectivity index (χ2n) is 5.30. The van der Waals surface area contributed by atoms with Gasteiger partial charge in [-0.05, 0) is 66.8 Å². The highest BCUT2D eigenvalue weighted by Crippen LogP contribution is 2.36. The van der Waals surface area contributed by atoms with Crippen LogP contribution in [-0.2, 0) is 6.42 Å². The van der Waals surface area contributed by atoms with Gasteiger partial charge in [0.1, 0.15) is 11.5 Å². The molecule has 1 unspecified atom stereocenters. The van der Waals surface area contributed by atoms with Crippen molar-refractivity contribution in [1.29, 1.82) is 0 Å². The van der Waals surface area contributed by atoms with Crippen LogP contribution in [0.3, 0.4) is 0 Å². The third-order valence-corrected chi connectivity index (χ3v) is 3.97. The van der Waals surface area contributed by atoms with Crippen molar-refractivity contribution >= 4 is 5.69 Å². The molecule has 0 aromatic heterocycles. The molecule has 2 aromatic rings. The van der Waals surface area contributed by atoms with Crippen LogP contribution in [-0.4, -0.2) is 12.2 Å². The monoisotopic (exact) mass is 269 g/mol. The molecule has 0 spiro atoms. The summed E-state index contributed by atoms with van der Waals surface area (Å²) in [6.45, 7) is 2.00. The highest BCUT2D eigenvalue weighted by molar-refractivity contribution is 5.56. The van der Waals surface area contributed by atoms with Crippen LogP contribution in [0.25, 0.3) is 0 Å². The third-order valence-electron chi connectivity index (χ3n) is 3.97. The van der Waals surface area contributed by atoms with Crippen molar-refractivity contribution in [3.05, 3.63) is 53.1 Å². The Kier molecular flexibility index (Phi) is 3.26. The molecule has 2 aromatic carbocycles. The van der Waals surface area contributed by atoms with Gasteiger partial charge in [-0.3, -0.25) is 0 Å². The molecular formula is C17H19NO2. The van der Waals surface area contributed by atoms with Crippen molar-refractivity contribution < 1.29 is 9.84 Å². The lowest BCUT2D eigenvalue weighted by atomic mass is 10.1. The smallest absolute Gasteiger partial charge is 0.119 e. The summed E-state index contributed by atoms with van der Waals surface area (Å²) in [6.07, 6.45) is 2.18. The number of ether oxygens (including phenoxy) is 1. The van der Waals surface area contributed by atoms with Gasteiger partial charge >= 0.3 is 0 Å². The molecule has 104 valence electrons. The van der Waals surface area contributed by atoms with Crippen molar-refractivity contribution in [2.45, 2.75) is 25.8 Å². The van der Waals surface area contributed by atoms with Gasteiger partial charge in [0, 0.05) is 5.69 Å². The van der Waals surface area contributed by atoms with Crippen molar-refractivity contribution in [2.24, 2.45) is 0 Å². The Hall–Kier alpha value is -2.16. The lowest BCUT2D eigenvalue weighted by Crippen LogP contribution is -2.08. The number of aryl methyl sites for hydroxylation is 2.